The number of anilines is 1. The van der Waals surface area contributed by atoms with Crippen molar-refractivity contribution in [2.24, 2.45) is 0 Å². The Morgan fingerprint density at radius 1 is 1.10 bits per heavy atom. The maximum Gasteiger partial charge on any atom is 0.273 e. The highest BCUT2D eigenvalue weighted by Gasteiger charge is 2.27. The Labute approximate surface area is 128 Å². The molecule has 0 radical (unpaired) electrons. The predicted molar refractivity (Wildman–Crippen MR) is 82.0 cm³/mol. The van der Waals surface area contributed by atoms with Crippen molar-refractivity contribution in [2.75, 3.05) is 18.0 Å². The second-order valence-corrected chi connectivity index (χ2v) is 6.53. The molecule has 0 unspecified atom stereocenters. The van der Waals surface area contributed by atoms with Crippen molar-refractivity contribution in [1.29, 1.82) is 0 Å². The molecule has 2 fully saturated rings. The summed E-state index contributed by atoms with van der Waals surface area (Å²) in [5.41, 5.74) is 1.21. The maximum atomic E-state index is 5.90. The lowest BCUT2D eigenvalue weighted by Gasteiger charge is -2.32. The van der Waals surface area contributed by atoms with Crippen LogP contribution in [0.3, 0.4) is 0 Å². The van der Waals surface area contributed by atoms with Gasteiger partial charge in [-0.05, 0) is 12.8 Å². The highest BCUT2D eigenvalue weighted by Crippen LogP contribution is 2.39. The van der Waals surface area contributed by atoms with Crippen LogP contribution < -0.4 is 9.64 Å². The molecular weight excluding hydrogens is 284 g/mol. The van der Waals surface area contributed by atoms with Crippen LogP contribution in [-0.2, 0) is 0 Å². The average molecular weight is 302 g/mol. The molecule has 5 nitrogen and oxygen atoms in total. The van der Waals surface area contributed by atoms with Crippen molar-refractivity contribution in [2.45, 2.75) is 37.7 Å². The first-order chi connectivity index (χ1) is 10.4. The summed E-state index contributed by atoms with van der Waals surface area (Å²) in [5, 5.41) is 2.73. The number of hydrogen-bond acceptors (Lipinski definition) is 6. The first-order valence-electron chi connectivity index (χ1n) is 7.51. The Kier molecular flexibility index (Phi) is 3.47. The van der Waals surface area contributed by atoms with Crippen LogP contribution in [0.15, 0.2) is 24.0 Å². The molecule has 2 aromatic rings. The van der Waals surface area contributed by atoms with Crippen LogP contribution in [0.4, 0.5) is 5.82 Å². The second-order valence-electron chi connectivity index (χ2n) is 5.68. The zero-order chi connectivity index (χ0) is 14.1. The van der Waals surface area contributed by atoms with Gasteiger partial charge in [0.15, 0.2) is 0 Å². The van der Waals surface area contributed by atoms with Gasteiger partial charge in [-0.2, -0.15) is 0 Å². The van der Waals surface area contributed by atoms with E-state index in [1.165, 1.54) is 18.5 Å². The van der Waals surface area contributed by atoms with Crippen molar-refractivity contribution in [1.82, 2.24) is 15.0 Å². The number of nitrogens with zero attached hydrogens (tertiary/aromatic N) is 4. The molecule has 0 atom stereocenters. The van der Waals surface area contributed by atoms with Crippen LogP contribution in [0.1, 0.15) is 37.3 Å². The lowest BCUT2D eigenvalue weighted by molar-refractivity contribution is 0.170. The topological polar surface area (TPSA) is 51.1 Å². The monoisotopic (exact) mass is 302 g/mol. The van der Waals surface area contributed by atoms with E-state index in [2.05, 4.69) is 25.9 Å². The van der Waals surface area contributed by atoms with E-state index in [9.17, 15) is 0 Å². The summed E-state index contributed by atoms with van der Waals surface area (Å²) in [6.07, 6.45) is 8.36. The van der Waals surface area contributed by atoms with Crippen LogP contribution in [-0.4, -0.2) is 34.1 Å². The zero-order valence-corrected chi connectivity index (χ0v) is 12.6. The molecule has 0 bridgehead atoms. The fourth-order valence-electron chi connectivity index (χ4n) is 2.75. The number of piperidine rings is 1. The summed E-state index contributed by atoms with van der Waals surface area (Å²) in [6.45, 7) is 1.97. The Bertz CT molecular complexity index is 591. The van der Waals surface area contributed by atoms with E-state index in [1.54, 1.807) is 23.9 Å². The molecule has 0 aromatic carbocycles. The van der Waals surface area contributed by atoms with E-state index >= 15 is 0 Å². The largest absolute Gasteiger partial charge is 0.467 e. The van der Waals surface area contributed by atoms with Gasteiger partial charge in [0.25, 0.3) is 5.19 Å². The molecule has 0 spiro atoms. The molecule has 1 aliphatic carbocycles. The quantitative estimate of drug-likeness (QED) is 0.869. The molecule has 21 heavy (non-hydrogen) atoms. The molecule has 1 aliphatic heterocycles. The molecule has 2 aliphatic rings. The van der Waals surface area contributed by atoms with E-state index in [1.807, 2.05) is 5.38 Å². The van der Waals surface area contributed by atoms with Gasteiger partial charge in [-0.25, -0.2) is 15.0 Å². The number of thiazole rings is 1. The minimum absolute atomic E-state index is 0.275. The Morgan fingerprint density at radius 3 is 2.67 bits per heavy atom. The third kappa shape index (κ3) is 3.00. The van der Waals surface area contributed by atoms with Crippen molar-refractivity contribution < 1.29 is 4.74 Å². The predicted octanol–water partition coefficient (Wildman–Crippen LogP) is 2.86. The van der Waals surface area contributed by atoms with Crippen molar-refractivity contribution in [3.05, 3.63) is 29.7 Å². The smallest absolute Gasteiger partial charge is 0.273 e. The minimum atomic E-state index is 0.275. The number of hydrogen-bond donors (Lipinski definition) is 0. The van der Waals surface area contributed by atoms with Gasteiger partial charge in [0.05, 0.1) is 0 Å². The third-order valence-electron chi connectivity index (χ3n) is 4.11. The van der Waals surface area contributed by atoms with E-state index < -0.39 is 0 Å². The molecule has 1 saturated heterocycles. The molecular formula is C15H18N4OS. The van der Waals surface area contributed by atoms with Crippen LogP contribution in [0.25, 0.3) is 0 Å². The summed E-state index contributed by atoms with van der Waals surface area (Å²) in [5.74, 6) is 1.75. The molecule has 6 heteroatoms. The van der Waals surface area contributed by atoms with Gasteiger partial charge in [-0.3, -0.25) is 0 Å². The Morgan fingerprint density at radius 2 is 1.95 bits per heavy atom. The highest BCUT2D eigenvalue weighted by molar-refractivity contribution is 7.11. The molecule has 4 rings (SSSR count). The van der Waals surface area contributed by atoms with Gasteiger partial charge in [0, 0.05) is 55.2 Å². The van der Waals surface area contributed by atoms with E-state index in [4.69, 9.17) is 4.74 Å². The maximum absolute atomic E-state index is 5.90. The minimum Gasteiger partial charge on any atom is -0.467 e. The van der Waals surface area contributed by atoms with Crippen molar-refractivity contribution >= 4 is 17.2 Å². The van der Waals surface area contributed by atoms with Crippen LogP contribution in [0, 0.1) is 0 Å². The van der Waals surface area contributed by atoms with E-state index in [-0.39, 0.29) is 6.10 Å². The normalized spacial score (nSPS) is 19.7. The summed E-state index contributed by atoms with van der Waals surface area (Å²) in [4.78, 5) is 15.4. The number of ether oxygens (including phenoxy) is 1. The van der Waals surface area contributed by atoms with Gasteiger partial charge in [0.2, 0.25) is 0 Å². The molecule has 3 heterocycles. The molecule has 2 aromatic heterocycles. The summed E-state index contributed by atoms with van der Waals surface area (Å²) in [6, 6.07) is 2.17. The fourth-order valence-corrected chi connectivity index (χ4v) is 3.30. The number of rotatable bonds is 4. The SMILES string of the molecule is c1nc(C2CC2)cc(N2CCC(Oc3nccs3)CC2)n1. The van der Waals surface area contributed by atoms with Gasteiger partial charge in [-0.1, -0.05) is 11.3 Å². The summed E-state index contributed by atoms with van der Waals surface area (Å²) < 4.78 is 5.90. The zero-order valence-electron chi connectivity index (χ0n) is 11.8. The van der Waals surface area contributed by atoms with Crippen LogP contribution in [0.5, 0.6) is 5.19 Å². The van der Waals surface area contributed by atoms with Gasteiger partial charge in [-0.15, -0.1) is 0 Å². The summed E-state index contributed by atoms with van der Waals surface area (Å²) >= 11 is 1.56. The lowest BCUT2D eigenvalue weighted by Crippen LogP contribution is -2.38. The molecule has 0 N–H and O–H groups in total. The first kappa shape index (κ1) is 13.0. The Balaban J connectivity index is 1.37. The molecule has 110 valence electrons. The lowest BCUT2D eigenvalue weighted by atomic mass is 10.1. The Hall–Kier alpha value is -1.69. The second kappa shape index (κ2) is 5.60. The van der Waals surface area contributed by atoms with Gasteiger partial charge < -0.3 is 9.64 Å². The van der Waals surface area contributed by atoms with E-state index in [0.29, 0.717) is 5.92 Å². The van der Waals surface area contributed by atoms with Crippen LogP contribution >= 0.6 is 11.3 Å². The highest BCUT2D eigenvalue weighted by atomic mass is 32.1. The average Bonchev–Trinajstić information content (AvgIpc) is 3.27. The van der Waals surface area contributed by atoms with Gasteiger partial charge >= 0.3 is 0 Å². The van der Waals surface area contributed by atoms with Crippen molar-refractivity contribution in [3.63, 3.8) is 0 Å². The van der Waals surface area contributed by atoms with Crippen LogP contribution in [0.2, 0.25) is 0 Å². The fraction of sp³-hybridized carbons (Fsp3) is 0.533. The third-order valence-corrected chi connectivity index (χ3v) is 4.77. The van der Waals surface area contributed by atoms with Gasteiger partial charge in [0.1, 0.15) is 18.2 Å². The summed E-state index contributed by atoms with van der Waals surface area (Å²) in [7, 11) is 0. The standard InChI is InChI=1S/C15H18N4OS/c1-2-11(1)13-9-14(18-10-17-13)19-6-3-12(4-7-19)20-15-16-5-8-21-15/h5,8-12H,1-4,6-7H2. The number of aromatic nitrogens is 3. The molecule has 1 saturated carbocycles. The van der Waals surface area contributed by atoms with Crippen molar-refractivity contribution in [3.8, 4) is 5.19 Å². The first-order valence-corrected chi connectivity index (χ1v) is 8.39. The van der Waals surface area contributed by atoms with E-state index in [0.717, 1.165) is 36.9 Å². The molecule has 0 amide bonds.